The highest BCUT2D eigenvalue weighted by molar-refractivity contribution is 5.33. The third-order valence-corrected chi connectivity index (χ3v) is 3.32. The number of aromatic nitrogens is 2. The summed E-state index contributed by atoms with van der Waals surface area (Å²) in [4.78, 5) is 4.00. The smallest absolute Gasteiger partial charge is 0.406 e. The fourth-order valence-corrected chi connectivity index (χ4v) is 2.24. The Morgan fingerprint density at radius 2 is 2.10 bits per heavy atom. The van der Waals surface area contributed by atoms with Crippen LogP contribution in [0.4, 0.5) is 13.2 Å². The van der Waals surface area contributed by atoms with E-state index in [2.05, 4.69) is 9.72 Å². The van der Waals surface area contributed by atoms with E-state index in [4.69, 9.17) is 0 Å². The Morgan fingerprint density at radius 1 is 1.33 bits per heavy atom. The number of halogens is 3. The molecule has 1 aromatic heterocycles. The highest BCUT2D eigenvalue weighted by atomic mass is 19.4. The second-order valence-corrected chi connectivity index (χ2v) is 4.98. The van der Waals surface area contributed by atoms with Crippen LogP contribution >= 0.6 is 0 Å². The summed E-state index contributed by atoms with van der Waals surface area (Å²) in [6.07, 6.45) is -0.586. The molecule has 0 amide bonds. The summed E-state index contributed by atoms with van der Waals surface area (Å²) in [6.45, 7) is 0. The summed E-state index contributed by atoms with van der Waals surface area (Å²) in [6, 6.07) is 5.67. The summed E-state index contributed by atoms with van der Waals surface area (Å²) in [5.41, 5.74) is 0.904. The number of alkyl halides is 3. The average Bonchev–Trinajstić information content (AvgIpc) is 3.14. The normalized spacial score (nSPS) is 16.8. The Kier molecular flexibility index (Phi) is 3.36. The van der Waals surface area contributed by atoms with Crippen molar-refractivity contribution >= 4 is 0 Å². The number of aliphatic hydroxyl groups excluding tert-OH is 1. The maximum atomic E-state index is 12.2. The number of nitrogens with zero attached hydrogens (tertiary/aromatic N) is 2. The fraction of sp³-hybridized carbons (Fsp3) is 0.357. The first-order chi connectivity index (χ1) is 9.94. The predicted molar refractivity (Wildman–Crippen MR) is 67.7 cm³/mol. The minimum atomic E-state index is -4.75. The summed E-state index contributed by atoms with van der Waals surface area (Å²) in [7, 11) is 0. The molecule has 0 bridgehead atoms. The summed E-state index contributed by atoms with van der Waals surface area (Å²) in [5.74, 6) is -0.350. The van der Waals surface area contributed by atoms with Crippen molar-refractivity contribution in [3.05, 3.63) is 48.0 Å². The largest absolute Gasteiger partial charge is 0.573 e. The van der Waals surface area contributed by atoms with Crippen molar-refractivity contribution in [2.24, 2.45) is 0 Å². The van der Waals surface area contributed by atoms with Gasteiger partial charge >= 0.3 is 6.36 Å². The fourth-order valence-electron chi connectivity index (χ4n) is 2.24. The molecule has 0 saturated heterocycles. The first kappa shape index (κ1) is 13.9. The van der Waals surface area contributed by atoms with Crippen molar-refractivity contribution < 1.29 is 23.0 Å². The first-order valence-electron chi connectivity index (χ1n) is 6.49. The second-order valence-electron chi connectivity index (χ2n) is 4.98. The monoisotopic (exact) mass is 298 g/mol. The molecule has 1 N–H and O–H groups in total. The van der Waals surface area contributed by atoms with Gasteiger partial charge in [0.15, 0.2) is 0 Å². The molecule has 112 valence electrons. The van der Waals surface area contributed by atoms with Gasteiger partial charge in [-0.1, -0.05) is 12.1 Å². The third-order valence-electron chi connectivity index (χ3n) is 3.32. The molecule has 3 rings (SSSR count). The van der Waals surface area contributed by atoms with Crippen LogP contribution in [-0.4, -0.2) is 21.0 Å². The zero-order chi connectivity index (χ0) is 15.0. The van der Waals surface area contributed by atoms with Gasteiger partial charge in [0.05, 0.1) is 18.2 Å². The van der Waals surface area contributed by atoms with Gasteiger partial charge in [-0.25, -0.2) is 4.98 Å². The van der Waals surface area contributed by atoms with E-state index in [1.54, 1.807) is 12.4 Å². The van der Waals surface area contributed by atoms with Crippen LogP contribution in [0.5, 0.6) is 5.75 Å². The Balaban J connectivity index is 1.85. The lowest BCUT2D eigenvalue weighted by Crippen LogP contribution is -2.17. The minimum absolute atomic E-state index is 0.326. The number of hydrogen-bond acceptors (Lipinski definition) is 3. The molecular weight excluding hydrogens is 285 g/mol. The summed E-state index contributed by atoms with van der Waals surface area (Å²) >= 11 is 0. The Bertz CT molecular complexity index is 635. The molecule has 4 nitrogen and oxygen atoms in total. The molecule has 1 heterocycles. The lowest BCUT2D eigenvalue weighted by Gasteiger charge is -2.15. The number of imidazole rings is 1. The number of rotatable bonds is 4. The molecule has 1 saturated carbocycles. The van der Waals surface area contributed by atoms with E-state index in [1.165, 1.54) is 24.4 Å². The summed E-state index contributed by atoms with van der Waals surface area (Å²) < 4.78 is 42.4. The van der Waals surface area contributed by atoms with Crippen LogP contribution in [0.1, 0.15) is 36.2 Å². The lowest BCUT2D eigenvalue weighted by molar-refractivity contribution is -0.274. The molecule has 0 aliphatic heterocycles. The molecule has 0 radical (unpaired) electrons. The highest BCUT2D eigenvalue weighted by Gasteiger charge is 2.32. The minimum Gasteiger partial charge on any atom is -0.406 e. The third kappa shape index (κ3) is 3.18. The molecule has 2 aromatic rings. The van der Waals surface area contributed by atoms with Crippen molar-refractivity contribution in [1.82, 2.24) is 9.55 Å². The van der Waals surface area contributed by atoms with Gasteiger partial charge in [0.25, 0.3) is 0 Å². The van der Waals surface area contributed by atoms with E-state index in [0.717, 1.165) is 12.8 Å². The van der Waals surface area contributed by atoms with Gasteiger partial charge in [0, 0.05) is 6.04 Å². The van der Waals surface area contributed by atoms with Crippen molar-refractivity contribution in [2.45, 2.75) is 31.3 Å². The van der Waals surface area contributed by atoms with Crippen molar-refractivity contribution in [1.29, 1.82) is 0 Å². The number of aliphatic hydroxyl groups is 1. The van der Waals surface area contributed by atoms with Gasteiger partial charge in [-0.05, 0) is 30.5 Å². The van der Waals surface area contributed by atoms with Crippen LogP contribution in [-0.2, 0) is 0 Å². The van der Waals surface area contributed by atoms with E-state index < -0.39 is 12.5 Å². The number of benzene rings is 1. The van der Waals surface area contributed by atoms with Crippen LogP contribution in [0.15, 0.2) is 36.8 Å². The van der Waals surface area contributed by atoms with Crippen LogP contribution in [0.25, 0.3) is 0 Å². The van der Waals surface area contributed by atoms with Gasteiger partial charge in [0.2, 0.25) is 0 Å². The van der Waals surface area contributed by atoms with Gasteiger partial charge in [0.1, 0.15) is 11.9 Å². The Hall–Kier alpha value is -2.02. The van der Waals surface area contributed by atoms with Crippen LogP contribution < -0.4 is 4.74 Å². The van der Waals surface area contributed by atoms with E-state index in [1.807, 2.05) is 4.57 Å². The molecule has 21 heavy (non-hydrogen) atoms. The van der Waals surface area contributed by atoms with Gasteiger partial charge in [-0.2, -0.15) is 0 Å². The molecule has 1 fully saturated rings. The first-order valence-corrected chi connectivity index (χ1v) is 6.49. The Labute approximate surface area is 118 Å². The van der Waals surface area contributed by atoms with Crippen molar-refractivity contribution in [3.63, 3.8) is 0 Å². The summed E-state index contributed by atoms with van der Waals surface area (Å²) in [5, 5.41) is 10.4. The predicted octanol–water partition coefficient (Wildman–Crippen LogP) is 3.20. The molecular formula is C14H13F3N2O2. The molecule has 7 heteroatoms. The molecule has 1 atom stereocenters. The van der Waals surface area contributed by atoms with Gasteiger partial charge < -0.3 is 14.4 Å². The molecule has 0 spiro atoms. The molecule has 1 aliphatic carbocycles. The quantitative estimate of drug-likeness (QED) is 0.943. The van der Waals surface area contributed by atoms with Crippen molar-refractivity contribution in [3.8, 4) is 5.75 Å². The SMILES string of the molecule is OC(c1cccc(OC(F)(F)F)c1)c1cncn1C1CC1. The maximum Gasteiger partial charge on any atom is 0.573 e. The zero-order valence-corrected chi connectivity index (χ0v) is 10.9. The van der Waals surface area contributed by atoms with Crippen molar-refractivity contribution in [2.75, 3.05) is 0 Å². The lowest BCUT2D eigenvalue weighted by atomic mass is 10.1. The van der Waals surface area contributed by atoms with Crippen LogP contribution in [0, 0.1) is 0 Å². The molecule has 1 unspecified atom stereocenters. The molecule has 1 aliphatic rings. The number of ether oxygens (including phenoxy) is 1. The van der Waals surface area contributed by atoms with E-state index in [9.17, 15) is 18.3 Å². The standard InChI is InChI=1S/C14H13F3N2O2/c15-14(16,17)21-11-3-1-2-9(6-11)13(20)12-7-18-8-19(12)10-4-5-10/h1-3,6-8,10,13,20H,4-5H2. The van der Waals surface area contributed by atoms with E-state index >= 15 is 0 Å². The Morgan fingerprint density at radius 3 is 2.76 bits per heavy atom. The topological polar surface area (TPSA) is 47.3 Å². The van der Waals surface area contributed by atoms with E-state index in [-0.39, 0.29) is 5.75 Å². The van der Waals surface area contributed by atoms with Gasteiger partial charge in [-0.3, -0.25) is 0 Å². The highest BCUT2D eigenvalue weighted by Crippen LogP contribution is 2.38. The average molecular weight is 298 g/mol. The van der Waals surface area contributed by atoms with Crippen LogP contribution in [0.3, 0.4) is 0 Å². The number of hydrogen-bond donors (Lipinski definition) is 1. The zero-order valence-electron chi connectivity index (χ0n) is 10.9. The maximum absolute atomic E-state index is 12.2. The second kappa shape index (κ2) is 5.07. The van der Waals surface area contributed by atoms with Gasteiger partial charge in [-0.15, -0.1) is 13.2 Å². The van der Waals surface area contributed by atoms with Crippen LogP contribution in [0.2, 0.25) is 0 Å². The van der Waals surface area contributed by atoms with E-state index in [0.29, 0.717) is 17.3 Å². The molecule has 1 aromatic carbocycles.